The van der Waals surface area contributed by atoms with E-state index in [9.17, 15) is 5.11 Å². The highest BCUT2D eigenvalue weighted by molar-refractivity contribution is 7.17. The van der Waals surface area contributed by atoms with E-state index in [1.165, 1.54) is 15.6 Å². The normalized spacial score (nSPS) is 16.3. The highest BCUT2D eigenvalue weighted by Gasteiger charge is 2.36. The average molecular weight is 305 g/mol. The maximum absolute atomic E-state index is 10.9. The van der Waals surface area contributed by atoms with E-state index in [1.807, 2.05) is 0 Å². The molecular weight excluding hydrogens is 278 g/mol. The molecule has 2 unspecified atom stereocenters. The molecule has 1 aromatic heterocycles. The van der Waals surface area contributed by atoms with Crippen LogP contribution in [0.2, 0.25) is 0 Å². The van der Waals surface area contributed by atoms with Crippen molar-refractivity contribution in [3.63, 3.8) is 0 Å². The van der Waals surface area contributed by atoms with Gasteiger partial charge >= 0.3 is 0 Å². The first-order chi connectivity index (χ1) is 10.1. The van der Waals surface area contributed by atoms with Crippen molar-refractivity contribution in [1.29, 1.82) is 0 Å². The minimum atomic E-state index is -0.347. The number of aliphatic hydroxyl groups excluding tert-OH is 1. The Morgan fingerprint density at radius 3 is 2.48 bits per heavy atom. The fourth-order valence-electron chi connectivity index (χ4n) is 3.24. The van der Waals surface area contributed by atoms with Crippen LogP contribution in [0.5, 0.6) is 0 Å². The Hall–Kier alpha value is -0.900. The molecule has 1 N–H and O–H groups in total. The van der Waals surface area contributed by atoms with Gasteiger partial charge < -0.3 is 5.11 Å². The molecule has 0 aliphatic heterocycles. The van der Waals surface area contributed by atoms with Crippen LogP contribution in [0.1, 0.15) is 39.7 Å². The fraction of sp³-hybridized carbons (Fsp3) is 0.556. The van der Waals surface area contributed by atoms with E-state index in [0.29, 0.717) is 0 Å². The van der Waals surface area contributed by atoms with Gasteiger partial charge in [-0.15, -0.1) is 11.3 Å². The van der Waals surface area contributed by atoms with Crippen molar-refractivity contribution in [1.82, 2.24) is 4.90 Å². The summed E-state index contributed by atoms with van der Waals surface area (Å²) in [7, 11) is 0. The summed E-state index contributed by atoms with van der Waals surface area (Å²) >= 11 is 1.77. The van der Waals surface area contributed by atoms with Gasteiger partial charge in [0.25, 0.3) is 0 Å². The predicted octanol–water partition coefficient (Wildman–Crippen LogP) is 4.32. The van der Waals surface area contributed by atoms with Gasteiger partial charge in [0.05, 0.1) is 6.10 Å². The van der Waals surface area contributed by atoms with Crippen molar-refractivity contribution in [3.05, 3.63) is 35.2 Å². The maximum Gasteiger partial charge on any atom is 0.0761 e. The summed E-state index contributed by atoms with van der Waals surface area (Å²) in [6.07, 6.45) is 1.34. The van der Waals surface area contributed by atoms with E-state index in [2.05, 4.69) is 62.2 Å². The molecule has 0 aliphatic rings. The van der Waals surface area contributed by atoms with Gasteiger partial charge in [0, 0.05) is 16.7 Å². The van der Waals surface area contributed by atoms with Crippen LogP contribution in [0.25, 0.3) is 10.1 Å². The Morgan fingerprint density at radius 2 is 1.86 bits per heavy atom. The van der Waals surface area contributed by atoms with Crippen LogP contribution >= 0.6 is 11.3 Å². The fourth-order valence-corrected chi connectivity index (χ4v) is 4.21. The summed E-state index contributed by atoms with van der Waals surface area (Å²) in [5.41, 5.74) is 1.11. The first-order valence-corrected chi connectivity index (χ1v) is 8.83. The molecule has 0 fully saturated rings. The molecule has 1 aromatic carbocycles. The van der Waals surface area contributed by atoms with E-state index in [-0.39, 0.29) is 11.6 Å². The van der Waals surface area contributed by atoms with Crippen LogP contribution in [-0.2, 0) is 6.42 Å². The molecule has 1 heterocycles. The van der Waals surface area contributed by atoms with Gasteiger partial charge in [-0.1, -0.05) is 39.0 Å². The zero-order valence-electron chi connectivity index (χ0n) is 13.6. The minimum Gasteiger partial charge on any atom is -0.391 e. The van der Waals surface area contributed by atoms with Gasteiger partial charge in [0.2, 0.25) is 0 Å². The number of rotatable bonds is 7. The standard InChI is InChI=1S/C18H27NOS/c1-5-18(4,19(6-2)7-3)17(20)12-14-13-21-16-11-9-8-10-15(14)16/h8-11,13,17,20H,5-7,12H2,1-4H3. The van der Waals surface area contributed by atoms with Crippen LogP contribution < -0.4 is 0 Å². The third-order valence-electron chi connectivity index (χ3n) is 4.89. The van der Waals surface area contributed by atoms with Gasteiger partial charge in [0.1, 0.15) is 0 Å². The zero-order valence-corrected chi connectivity index (χ0v) is 14.4. The van der Waals surface area contributed by atoms with Gasteiger partial charge in [-0.25, -0.2) is 0 Å². The van der Waals surface area contributed by atoms with Crippen LogP contribution in [0, 0.1) is 0 Å². The van der Waals surface area contributed by atoms with Crippen molar-refractivity contribution in [2.75, 3.05) is 13.1 Å². The van der Waals surface area contributed by atoms with E-state index >= 15 is 0 Å². The van der Waals surface area contributed by atoms with Gasteiger partial charge in [-0.2, -0.15) is 0 Å². The first kappa shape index (κ1) is 16.5. The molecule has 0 radical (unpaired) electrons. The number of hydrogen-bond donors (Lipinski definition) is 1. The highest BCUT2D eigenvalue weighted by Crippen LogP contribution is 2.31. The smallest absolute Gasteiger partial charge is 0.0761 e. The molecular formula is C18H27NOS. The second-order valence-corrected chi connectivity index (χ2v) is 6.77. The van der Waals surface area contributed by atoms with Crippen LogP contribution in [-0.4, -0.2) is 34.7 Å². The van der Waals surface area contributed by atoms with E-state index in [0.717, 1.165) is 25.9 Å². The summed E-state index contributed by atoms with van der Waals surface area (Å²) < 4.78 is 1.31. The Balaban J connectivity index is 2.25. The van der Waals surface area contributed by atoms with E-state index in [1.54, 1.807) is 11.3 Å². The lowest BCUT2D eigenvalue weighted by atomic mass is 9.85. The average Bonchev–Trinajstić information content (AvgIpc) is 2.91. The molecule has 0 saturated carbocycles. The quantitative estimate of drug-likeness (QED) is 0.823. The van der Waals surface area contributed by atoms with Crippen LogP contribution in [0.4, 0.5) is 0 Å². The lowest BCUT2D eigenvalue weighted by molar-refractivity contribution is -0.0188. The number of hydrogen-bond acceptors (Lipinski definition) is 3. The number of aliphatic hydroxyl groups is 1. The monoisotopic (exact) mass is 305 g/mol. The second-order valence-electron chi connectivity index (χ2n) is 5.86. The number of fused-ring (bicyclic) bond motifs is 1. The molecule has 0 saturated heterocycles. The van der Waals surface area contributed by atoms with Crippen LogP contribution in [0.15, 0.2) is 29.6 Å². The van der Waals surface area contributed by atoms with Crippen LogP contribution in [0.3, 0.4) is 0 Å². The number of benzene rings is 1. The molecule has 2 nitrogen and oxygen atoms in total. The summed E-state index contributed by atoms with van der Waals surface area (Å²) in [5.74, 6) is 0. The van der Waals surface area contributed by atoms with Gasteiger partial charge in [-0.3, -0.25) is 4.90 Å². The molecule has 0 amide bonds. The lowest BCUT2D eigenvalue weighted by Gasteiger charge is -2.43. The summed E-state index contributed by atoms with van der Waals surface area (Å²) in [6.45, 7) is 10.7. The zero-order chi connectivity index (χ0) is 15.5. The third-order valence-corrected chi connectivity index (χ3v) is 5.91. The molecule has 2 rings (SSSR count). The Kier molecular flexibility index (Phi) is 5.42. The molecule has 0 bridgehead atoms. The summed E-state index contributed by atoms with van der Waals surface area (Å²) in [4.78, 5) is 2.38. The molecule has 21 heavy (non-hydrogen) atoms. The number of likely N-dealkylation sites (N-methyl/N-ethyl adjacent to an activating group) is 1. The SMILES string of the molecule is CCN(CC)C(C)(CC)C(O)Cc1csc2ccccc12. The molecule has 0 spiro atoms. The Morgan fingerprint density at radius 1 is 1.19 bits per heavy atom. The molecule has 3 heteroatoms. The van der Waals surface area contributed by atoms with E-state index in [4.69, 9.17) is 0 Å². The molecule has 0 aliphatic carbocycles. The highest BCUT2D eigenvalue weighted by atomic mass is 32.1. The summed E-state index contributed by atoms with van der Waals surface area (Å²) in [6, 6.07) is 8.47. The topological polar surface area (TPSA) is 23.5 Å². The molecule has 116 valence electrons. The van der Waals surface area contributed by atoms with Crippen molar-refractivity contribution >= 4 is 21.4 Å². The van der Waals surface area contributed by atoms with Crippen molar-refractivity contribution in [3.8, 4) is 0 Å². The predicted molar refractivity (Wildman–Crippen MR) is 93.2 cm³/mol. The van der Waals surface area contributed by atoms with Gasteiger partial charge in [0.15, 0.2) is 0 Å². The molecule has 2 atom stereocenters. The van der Waals surface area contributed by atoms with Crippen molar-refractivity contribution in [2.45, 2.75) is 52.2 Å². The van der Waals surface area contributed by atoms with Gasteiger partial charge in [-0.05, 0) is 48.8 Å². The Bertz CT molecular complexity index is 575. The van der Waals surface area contributed by atoms with E-state index < -0.39 is 0 Å². The second kappa shape index (κ2) is 6.91. The first-order valence-electron chi connectivity index (χ1n) is 7.95. The maximum atomic E-state index is 10.9. The van der Waals surface area contributed by atoms with Crippen molar-refractivity contribution in [2.24, 2.45) is 0 Å². The largest absolute Gasteiger partial charge is 0.391 e. The summed E-state index contributed by atoms with van der Waals surface area (Å²) in [5, 5.41) is 14.4. The Labute approximate surface area is 132 Å². The third kappa shape index (κ3) is 3.15. The number of thiophene rings is 1. The molecule has 2 aromatic rings. The lowest BCUT2D eigenvalue weighted by Crippen LogP contribution is -2.54. The number of nitrogens with zero attached hydrogens (tertiary/aromatic N) is 1. The van der Waals surface area contributed by atoms with Crippen molar-refractivity contribution < 1.29 is 5.11 Å². The minimum absolute atomic E-state index is 0.160.